The molecular weight excluding hydrogens is 372 g/mol. The molecule has 1 heterocycles. The molecule has 1 atom stereocenters. The number of carbonyl (C=O) groups is 1. The second-order valence-corrected chi connectivity index (χ2v) is 8.53. The molecule has 0 saturated carbocycles. The van der Waals surface area contributed by atoms with E-state index in [2.05, 4.69) is 15.9 Å². The Morgan fingerprint density at radius 3 is 2.45 bits per heavy atom. The maximum atomic E-state index is 12.4. The second-order valence-electron chi connectivity index (χ2n) is 5.38. The number of rotatable bonds is 5. The van der Waals surface area contributed by atoms with Crippen molar-refractivity contribution >= 4 is 31.7 Å². The smallest absolute Gasteiger partial charge is 0.275 e. The number of benzene rings is 1. The summed E-state index contributed by atoms with van der Waals surface area (Å²) in [5.41, 5.74) is 0. The first kappa shape index (κ1) is 17.2. The van der Waals surface area contributed by atoms with Gasteiger partial charge < -0.3 is 4.74 Å². The molecule has 0 bridgehead atoms. The quantitative estimate of drug-likeness (QED) is 0.709. The lowest BCUT2D eigenvalue weighted by Gasteiger charge is -2.33. The van der Waals surface area contributed by atoms with E-state index >= 15 is 0 Å². The van der Waals surface area contributed by atoms with Crippen molar-refractivity contribution in [2.45, 2.75) is 12.5 Å². The Balaban J connectivity index is 2.00. The van der Waals surface area contributed by atoms with Crippen molar-refractivity contribution in [3.05, 3.63) is 28.7 Å². The maximum Gasteiger partial charge on any atom is 0.275 e. The van der Waals surface area contributed by atoms with Gasteiger partial charge in [-0.05, 0) is 30.7 Å². The van der Waals surface area contributed by atoms with Crippen LogP contribution in [0, 0.1) is 0 Å². The minimum atomic E-state index is -3.05. The summed E-state index contributed by atoms with van der Waals surface area (Å²) < 4.78 is 29.6. The lowest BCUT2D eigenvalue weighted by molar-refractivity contribution is -0.151. The van der Waals surface area contributed by atoms with Gasteiger partial charge >= 0.3 is 0 Å². The van der Waals surface area contributed by atoms with Gasteiger partial charge in [0.25, 0.3) is 5.91 Å². The fraction of sp³-hybridized carbons (Fsp3) is 0.500. The molecule has 2 rings (SSSR count). The summed E-state index contributed by atoms with van der Waals surface area (Å²) in [5.74, 6) is 0.474. The molecule has 1 saturated heterocycles. The topological polar surface area (TPSA) is 66.9 Å². The van der Waals surface area contributed by atoms with E-state index in [1.165, 1.54) is 5.01 Å². The fourth-order valence-corrected chi connectivity index (χ4v) is 4.42. The Bertz CT molecular complexity index is 631. The number of halogens is 1. The van der Waals surface area contributed by atoms with Crippen molar-refractivity contribution in [1.29, 1.82) is 0 Å². The Morgan fingerprint density at radius 1 is 1.32 bits per heavy atom. The monoisotopic (exact) mass is 390 g/mol. The average molecular weight is 391 g/mol. The molecule has 1 unspecified atom stereocenters. The van der Waals surface area contributed by atoms with Gasteiger partial charge in [0.05, 0.1) is 17.5 Å². The summed E-state index contributed by atoms with van der Waals surface area (Å²) in [6.07, 6.45) is 0.463. The molecular formula is C14H19BrN2O4S. The molecule has 0 radical (unpaired) electrons. The predicted octanol–water partition coefficient (Wildman–Crippen LogP) is 1.32. The number of hydrogen-bond donors (Lipinski definition) is 0. The highest BCUT2D eigenvalue weighted by atomic mass is 79.9. The van der Waals surface area contributed by atoms with Crippen LogP contribution >= 0.6 is 15.9 Å². The van der Waals surface area contributed by atoms with Crippen LogP contribution in [0.4, 0.5) is 0 Å². The molecule has 1 aliphatic heterocycles. The molecule has 8 heteroatoms. The number of hydrogen-bond acceptors (Lipinski definition) is 5. The normalized spacial score (nSPS) is 20.1. The van der Waals surface area contributed by atoms with Gasteiger partial charge in [-0.2, -0.15) is 0 Å². The first-order chi connectivity index (χ1) is 10.3. The third-order valence-corrected chi connectivity index (χ3v) is 5.70. The molecule has 1 aromatic carbocycles. The highest BCUT2D eigenvalue weighted by Crippen LogP contribution is 2.20. The largest absolute Gasteiger partial charge is 0.484 e. The van der Waals surface area contributed by atoms with Gasteiger partial charge in [-0.25, -0.2) is 13.4 Å². The summed E-state index contributed by atoms with van der Waals surface area (Å²) in [6.45, 7) is -0.129. The number of amides is 1. The Morgan fingerprint density at radius 2 is 1.95 bits per heavy atom. The molecule has 0 aliphatic carbocycles. The number of nitrogens with zero attached hydrogens (tertiary/aromatic N) is 2. The van der Waals surface area contributed by atoms with E-state index in [9.17, 15) is 13.2 Å². The van der Waals surface area contributed by atoms with Gasteiger partial charge in [0.2, 0.25) is 0 Å². The third-order valence-electron chi connectivity index (χ3n) is 3.42. The molecule has 6 nitrogen and oxygen atoms in total. The molecule has 0 N–H and O–H groups in total. The molecule has 1 fully saturated rings. The van der Waals surface area contributed by atoms with Crippen molar-refractivity contribution in [1.82, 2.24) is 10.0 Å². The van der Waals surface area contributed by atoms with Crippen molar-refractivity contribution in [2.75, 3.05) is 32.2 Å². The molecule has 0 aromatic heterocycles. The fourth-order valence-electron chi connectivity index (χ4n) is 2.46. The van der Waals surface area contributed by atoms with E-state index in [-0.39, 0.29) is 30.1 Å². The molecule has 1 aromatic rings. The Hall–Kier alpha value is -1.12. The van der Waals surface area contributed by atoms with Crippen molar-refractivity contribution in [3.63, 3.8) is 0 Å². The van der Waals surface area contributed by atoms with Crippen LogP contribution in [0.3, 0.4) is 0 Å². The maximum absolute atomic E-state index is 12.4. The zero-order valence-corrected chi connectivity index (χ0v) is 14.9. The summed E-state index contributed by atoms with van der Waals surface area (Å²) in [4.78, 5) is 12.4. The van der Waals surface area contributed by atoms with E-state index in [0.29, 0.717) is 12.2 Å². The summed E-state index contributed by atoms with van der Waals surface area (Å²) in [6, 6.07) is 6.86. The van der Waals surface area contributed by atoms with Crippen LogP contribution in [0.1, 0.15) is 6.42 Å². The number of sulfone groups is 1. The van der Waals surface area contributed by atoms with Crippen LogP contribution in [-0.2, 0) is 14.6 Å². The zero-order valence-electron chi connectivity index (χ0n) is 12.5. The van der Waals surface area contributed by atoms with Crippen LogP contribution < -0.4 is 4.74 Å². The van der Waals surface area contributed by atoms with Crippen LogP contribution in [0.25, 0.3) is 0 Å². The molecule has 0 spiro atoms. The summed E-state index contributed by atoms with van der Waals surface area (Å²) in [7, 11) is 0.403. The van der Waals surface area contributed by atoms with E-state index in [1.54, 1.807) is 31.2 Å². The van der Waals surface area contributed by atoms with Crippen LogP contribution in [-0.4, -0.2) is 62.6 Å². The highest BCUT2D eigenvalue weighted by molar-refractivity contribution is 9.10. The minimum absolute atomic E-state index is 0.00913. The van der Waals surface area contributed by atoms with Gasteiger partial charge in [0.15, 0.2) is 16.4 Å². The van der Waals surface area contributed by atoms with Gasteiger partial charge in [0, 0.05) is 18.6 Å². The minimum Gasteiger partial charge on any atom is -0.484 e. The SMILES string of the molecule is CN(C)N(C(=O)COc1ccc(Br)cc1)C1CCS(=O)(=O)C1. The Labute approximate surface area is 139 Å². The van der Waals surface area contributed by atoms with E-state index in [0.717, 1.165) is 4.47 Å². The first-order valence-corrected chi connectivity index (χ1v) is 9.48. The highest BCUT2D eigenvalue weighted by Gasteiger charge is 2.36. The molecule has 1 aliphatic rings. The number of ether oxygens (including phenoxy) is 1. The average Bonchev–Trinajstić information content (AvgIpc) is 2.78. The lowest BCUT2D eigenvalue weighted by atomic mass is 10.2. The molecule has 122 valence electrons. The standard InChI is InChI=1S/C14H19BrN2O4S/c1-16(2)17(12-7-8-22(19,20)10-12)14(18)9-21-13-5-3-11(15)4-6-13/h3-6,12H,7-10H2,1-2H3. The number of carbonyl (C=O) groups excluding carboxylic acids is 1. The van der Waals surface area contributed by atoms with Crippen LogP contribution in [0.2, 0.25) is 0 Å². The van der Waals surface area contributed by atoms with Crippen molar-refractivity contribution < 1.29 is 17.9 Å². The van der Waals surface area contributed by atoms with Gasteiger partial charge in [-0.15, -0.1) is 0 Å². The van der Waals surface area contributed by atoms with E-state index < -0.39 is 9.84 Å². The Kier molecular flexibility index (Phi) is 5.46. The number of hydrazine groups is 1. The summed E-state index contributed by atoms with van der Waals surface area (Å²) in [5, 5.41) is 3.10. The molecule has 22 heavy (non-hydrogen) atoms. The van der Waals surface area contributed by atoms with Crippen LogP contribution in [0.15, 0.2) is 28.7 Å². The van der Waals surface area contributed by atoms with Gasteiger partial charge in [-0.3, -0.25) is 9.80 Å². The third kappa shape index (κ3) is 4.44. The van der Waals surface area contributed by atoms with E-state index in [1.807, 2.05) is 12.1 Å². The van der Waals surface area contributed by atoms with Crippen molar-refractivity contribution in [3.8, 4) is 5.75 Å². The predicted molar refractivity (Wildman–Crippen MR) is 87.2 cm³/mol. The van der Waals surface area contributed by atoms with Gasteiger partial charge in [0.1, 0.15) is 5.75 Å². The first-order valence-electron chi connectivity index (χ1n) is 6.86. The van der Waals surface area contributed by atoms with Gasteiger partial charge in [-0.1, -0.05) is 15.9 Å². The second kappa shape index (κ2) is 6.97. The van der Waals surface area contributed by atoms with Crippen LogP contribution in [0.5, 0.6) is 5.75 Å². The summed E-state index contributed by atoms with van der Waals surface area (Å²) >= 11 is 3.33. The zero-order chi connectivity index (χ0) is 16.3. The molecule has 1 amide bonds. The lowest BCUT2D eigenvalue weighted by Crippen LogP contribution is -2.51. The van der Waals surface area contributed by atoms with E-state index in [4.69, 9.17) is 4.74 Å². The van der Waals surface area contributed by atoms with Crippen molar-refractivity contribution in [2.24, 2.45) is 0 Å².